The van der Waals surface area contributed by atoms with E-state index in [1.807, 2.05) is 38.1 Å². The zero-order valence-corrected chi connectivity index (χ0v) is 13.2. The third kappa shape index (κ3) is 2.93. The zero-order valence-electron chi connectivity index (χ0n) is 11.7. The van der Waals surface area contributed by atoms with Gasteiger partial charge in [0.1, 0.15) is 17.4 Å². The lowest BCUT2D eigenvalue weighted by atomic mass is 10.2. The molecule has 3 rings (SSSR count). The van der Waals surface area contributed by atoms with Crippen molar-refractivity contribution in [2.75, 3.05) is 0 Å². The quantitative estimate of drug-likeness (QED) is 0.729. The normalized spacial score (nSPS) is 11.3. The lowest BCUT2D eigenvalue weighted by Gasteiger charge is -2.10. The highest BCUT2D eigenvalue weighted by Gasteiger charge is 2.09. The standard InChI is InChI=1S/C16H14BrFN2O/c1-9(2)21-11-5-3-4-10(6-11)16-19-14-7-12(17)13(18)8-15(14)20-16/h3-9H,1-2H3,(H,19,20). The van der Waals surface area contributed by atoms with Crippen molar-refractivity contribution in [2.45, 2.75) is 20.0 Å². The molecular weight excluding hydrogens is 335 g/mol. The van der Waals surface area contributed by atoms with Gasteiger partial charge >= 0.3 is 0 Å². The molecule has 0 atom stereocenters. The van der Waals surface area contributed by atoms with Crippen LogP contribution in [-0.2, 0) is 0 Å². The molecule has 2 aromatic carbocycles. The Labute approximate surface area is 130 Å². The van der Waals surface area contributed by atoms with E-state index < -0.39 is 0 Å². The molecule has 5 heteroatoms. The highest BCUT2D eigenvalue weighted by molar-refractivity contribution is 9.10. The third-order valence-corrected chi connectivity index (χ3v) is 3.61. The number of aromatic nitrogens is 2. The molecule has 0 unspecified atom stereocenters. The molecule has 1 N–H and O–H groups in total. The summed E-state index contributed by atoms with van der Waals surface area (Å²) in [5.74, 6) is 1.17. The lowest BCUT2D eigenvalue weighted by Crippen LogP contribution is -2.05. The molecule has 0 radical (unpaired) electrons. The van der Waals surface area contributed by atoms with Gasteiger partial charge in [-0.15, -0.1) is 0 Å². The molecule has 21 heavy (non-hydrogen) atoms. The Morgan fingerprint density at radius 1 is 1.24 bits per heavy atom. The summed E-state index contributed by atoms with van der Waals surface area (Å²) in [4.78, 5) is 7.63. The second-order valence-electron chi connectivity index (χ2n) is 5.06. The number of aromatic amines is 1. The molecule has 0 aliphatic rings. The van der Waals surface area contributed by atoms with E-state index in [0.29, 0.717) is 21.3 Å². The Bertz CT molecular complexity index is 759. The van der Waals surface area contributed by atoms with E-state index in [-0.39, 0.29) is 11.9 Å². The average molecular weight is 349 g/mol. The van der Waals surface area contributed by atoms with E-state index in [1.165, 1.54) is 6.07 Å². The summed E-state index contributed by atoms with van der Waals surface area (Å²) in [6.45, 7) is 3.96. The highest BCUT2D eigenvalue weighted by atomic mass is 79.9. The van der Waals surface area contributed by atoms with Crippen LogP contribution in [0.1, 0.15) is 13.8 Å². The van der Waals surface area contributed by atoms with Crippen LogP contribution in [-0.4, -0.2) is 16.1 Å². The van der Waals surface area contributed by atoms with Gasteiger partial charge in [-0.1, -0.05) is 12.1 Å². The Hall–Kier alpha value is -1.88. The molecule has 108 valence electrons. The Morgan fingerprint density at radius 2 is 2.05 bits per heavy atom. The fraction of sp³-hybridized carbons (Fsp3) is 0.188. The molecule has 0 aliphatic carbocycles. The predicted molar refractivity (Wildman–Crippen MR) is 85.0 cm³/mol. The summed E-state index contributed by atoms with van der Waals surface area (Å²) in [6.07, 6.45) is 0.112. The smallest absolute Gasteiger partial charge is 0.139 e. The number of H-pyrrole nitrogens is 1. The van der Waals surface area contributed by atoms with E-state index in [0.717, 1.165) is 11.3 Å². The number of hydrogen-bond acceptors (Lipinski definition) is 2. The Balaban J connectivity index is 2.04. The molecule has 0 spiro atoms. The van der Waals surface area contributed by atoms with E-state index >= 15 is 0 Å². The number of benzene rings is 2. The first kappa shape index (κ1) is 14.1. The maximum Gasteiger partial charge on any atom is 0.139 e. The number of hydrogen-bond donors (Lipinski definition) is 1. The third-order valence-electron chi connectivity index (χ3n) is 3.00. The molecule has 1 aromatic heterocycles. The van der Waals surface area contributed by atoms with Crippen LogP contribution in [0.2, 0.25) is 0 Å². The SMILES string of the molecule is CC(C)Oc1cccc(-c2nc3cc(Br)c(F)cc3[nH]2)c1. The summed E-state index contributed by atoms with van der Waals surface area (Å²) in [6, 6.07) is 10.8. The van der Waals surface area contributed by atoms with Crippen LogP contribution in [0.3, 0.4) is 0 Å². The van der Waals surface area contributed by atoms with Crippen molar-refractivity contribution < 1.29 is 9.13 Å². The van der Waals surface area contributed by atoms with Crippen molar-refractivity contribution in [3.63, 3.8) is 0 Å². The maximum absolute atomic E-state index is 13.6. The van der Waals surface area contributed by atoms with Crippen molar-refractivity contribution in [3.05, 3.63) is 46.7 Å². The van der Waals surface area contributed by atoms with Gasteiger partial charge in [-0.25, -0.2) is 9.37 Å². The lowest BCUT2D eigenvalue weighted by molar-refractivity contribution is 0.242. The number of rotatable bonds is 3. The van der Waals surface area contributed by atoms with Gasteiger partial charge < -0.3 is 9.72 Å². The average Bonchev–Trinajstić information content (AvgIpc) is 2.82. The molecule has 0 fully saturated rings. The predicted octanol–water partition coefficient (Wildman–Crippen LogP) is 4.92. The van der Waals surface area contributed by atoms with Crippen LogP contribution in [0, 0.1) is 5.82 Å². The van der Waals surface area contributed by atoms with Crippen LogP contribution in [0.15, 0.2) is 40.9 Å². The minimum absolute atomic E-state index is 0.112. The van der Waals surface area contributed by atoms with E-state index in [1.54, 1.807) is 6.07 Å². The van der Waals surface area contributed by atoms with Crippen LogP contribution in [0.5, 0.6) is 5.75 Å². The van der Waals surface area contributed by atoms with Gasteiger partial charge in [-0.05, 0) is 48.0 Å². The van der Waals surface area contributed by atoms with Crippen molar-refractivity contribution in [2.24, 2.45) is 0 Å². The van der Waals surface area contributed by atoms with Gasteiger partial charge in [0.05, 0.1) is 21.6 Å². The van der Waals surface area contributed by atoms with E-state index in [2.05, 4.69) is 25.9 Å². The second-order valence-corrected chi connectivity index (χ2v) is 5.92. The van der Waals surface area contributed by atoms with Crippen molar-refractivity contribution in [1.29, 1.82) is 0 Å². The number of halogens is 2. The van der Waals surface area contributed by atoms with Gasteiger partial charge in [0.25, 0.3) is 0 Å². The Morgan fingerprint density at radius 3 is 2.81 bits per heavy atom. The first-order valence-corrected chi connectivity index (χ1v) is 7.44. The first-order valence-electron chi connectivity index (χ1n) is 6.65. The number of ether oxygens (including phenoxy) is 1. The van der Waals surface area contributed by atoms with Gasteiger partial charge in [0.2, 0.25) is 0 Å². The van der Waals surface area contributed by atoms with Crippen LogP contribution in [0.25, 0.3) is 22.4 Å². The van der Waals surface area contributed by atoms with E-state index in [9.17, 15) is 4.39 Å². The fourth-order valence-electron chi connectivity index (χ4n) is 2.13. The molecule has 0 saturated carbocycles. The van der Waals surface area contributed by atoms with Gasteiger partial charge in [-0.3, -0.25) is 0 Å². The molecule has 0 bridgehead atoms. The summed E-state index contributed by atoms with van der Waals surface area (Å²) in [5, 5.41) is 0. The number of fused-ring (bicyclic) bond motifs is 1. The van der Waals surface area contributed by atoms with Gasteiger partial charge in [0.15, 0.2) is 0 Å². The number of nitrogens with zero attached hydrogens (tertiary/aromatic N) is 1. The van der Waals surface area contributed by atoms with Crippen molar-refractivity contribution in [1.82, 2.24) is 9.97 Å². The van der Waals surface area contributed by atoms with E-state index in [4.69, 9.17) is 4.74 Å². The number of nitrogens with one attached hydrogen (secondary N) is 1. The zero-order chi connectivity index (χ0) is 15.0. The molecule has 1 heterocycles. The molecule has 3 nitrogen and oxygen atoms in total. The van der Waals surface area contributed by atoms with Crippen molar-refractivity contribution >= 4 is 27.0 Å². The van der Waals surface area contributed by atoms with Crippen LogP contribution >= 0.6 is 15.9 Å². The highest BCUT2D eigenvalue weighted by Crippen LogP contribution is 2.27. The molecule has 0 saturated heterocycles. The van der Waals surface area contributed by atoms with Gasteiger partial charge in [-0.2, -0.15) is 0 Å². The summed E-state index contributed by atoms with van der Waals surface area (Å²) >= 11 is 3.17. The fourth-order valence-corrected chi connectivity index (χ4v) is 2.46. The van der Waals surface area contributed by atoms with Crippen LogP contribution < -0.4 is 4.74 Å². The first-order chi connectivity index (χ1) is 10.0. The topological polar surface area (TPSA) is 37.9 Å². The monoisotopic (exact) mass is 348 g/mol. The summed E-state index contributed by atoms with van der Waals surface area (Å²) in [7, 11) is 0. The van der Waals surface area contributed by atoms with Gasteiger partial charge in [0, 0.05) is 11.6 Å². The Kier molecular flexibility index (Phi) is 3.68. The maximum atomic E-state index is 13.6. The second kappa shape index (κ2) is 5.48. The molecule has 0 aliphatic heterocycles. The molecule has 3 aromatic rings. The van der Waals surface area contributed by atoms with Crippen LogP contribution in [0.4, 0.5) is 4.39 Å². The molecule has 0 amide bonds. The number of imidazole rings is 1. The van der Waals surface area contributed by atoms with Crippen molar-refractivity contribution in [3.8, 4) is 17.1 Å². The summed E-state index contributed by atoms with van der Waals surface area (Å²) in [5.41, 5.74) is 2.29. The summed E-state index contributed by atoms with van der Waals surface area (Å²) < 4.78 is 19.6. The molecular formula is C16H14BrFN2O. The largest absolute Gasteiger partial charge is 0.491 e. The minimum atomic E-state index is -0.311. The minimum Gasteiger partial charge on any atom is -0.491 e.